The summed E-state index contributed by atoms with van der Waals surface area (Å²) in [6.45, 7) is 5.35. The van der Waals surface area contributed by atoms with Gasteiger partial charge in [-0.3, -0.25) is 10.1 Å². The summed E-state index contributed by atoms with van der Waals surface area (Å²) in [6, 6.07) is 18.3. The predicted molar refractivity (Wildman–Crippen MR) is 131 cm³/mol. The first-order valence-corrected chi connectivity index (χ1v) is 11.0. The highest BCUT2D eigenvalue weighted by molar-refractivity contribution is 9.10. The van der Waals surface area contributed by atoms with Gasteiger partial charge >= 0.3 is 6.09 Å². The fourth-order valence-corrected chi connectivity index (χ4v) is 3.50. The number of aromatic nitrogens is 3. The number of hydrogen-bond donors (Lipinski definition) is 2. The Morgan fingerprint density at radius 3 is 2.09 bits per heavy atom. The summed E-state index contributed by atoms with van der Waals surface area (Å²) in [6.07, 6.45) is 1.01. The smallest absolute Gasteiger partial charge is 0.390 e. The van der Waals surface area contributed by atoms with Crippen LogP contribution in [-0.2, 0) is 4.79 Å². The molecule has 9 heteroatoms. The number of rotatable bonds is 4. The van der Waals surface area contributed by atoms with Crippen LogP contribution in [0.15, 0.2) is 71.3 Å². The standard InChI is InChI=1S/C24H22BrN5O3/c1-24(2,3)21(31)29-22-27-19-18(17(25)14-26-19)20(28-22)33-23(32)30(15-10-6-4-7-11-15)16-12-8-5-9-13-16/h4-14H,1-3H3,(H2,26,27,28,29,31). The van der Waals surface area contributed by atoms with Gasteiger partial charge in [-0.1, -0.05) is 57.2 Å². The van der Waals surface area contributed by atoms with Crippen molar-refractivity contribution < 1.29 is 14.3 Å². The normalized spacial score (nSPS) is 11.3. The van der Waals surface area contributed by atoms with Gasteiger partial charge in [-0.2, -0.15) is 9.97 Å². The number of ether oxygens (including phenoxy) is 1. The fourth-order valence-electron chi connectivity index (χ4n) is 3.02. The lowest BCUT2D eigenvalue weighted by atomic mass is 9.96. The van der Waals surface area contributed by atoms with Crippen molar-refractivity contribution >= 4 is 56.3 Å². The number of aromatic amines is 1. The van der Waals surface area contributed by atoms with E-state index in [1.807, 2.05) is 60.7 Å². The second-order valence-electron chi connectivity index (χ2n) is 8.29. The van der Waals surface area contributed by atoms with Gasteiger partial charge in [-0.25, -0.2) is 9.69 Å². The highest BCUT2D eigenvalue weighted by atomic mass is 79.9. The lowest BCUT2D eigenvalue weighted by Crippen LogP contribution is -2.30. The molecule has 2 amide bonds. The minimum Gasteiger partial charge on any atom is -0.390 e. The summed E-state index contributed by atoms with van der Waals surface area (Å²) in [4.78, 5) is 39.0. The summed E-state index contributed by atoms with van der Waals surface area (Å²) in [5, 5.41) is 3.17. The van der Waals surface area contributed by atoms with Crippen LogP contribution in [0.5, 0.6) is 5.88 Å². The Labute approximate surface area is 199 Å². The molecule has 0 saturated heterocycles. The third kappa shape index (κ3) is 4.88. The quantitative estimate of drug-likeness (QED) is 0.350. The molecule has 0 aliphatic heterocycles. The van der Waals surface area contributed by atoms with E-state index in [0.717, 1.165) is 0 Å². The molecule has 4 aromatic rings. The van der Waals surface area contributed by atoms with Gasteiger partial charge in [-0.15, -0.1) is 0 Å². The van der Waals surface area contributed by atoms with Crippen molar-refractivity contribution in [2.75, 3.05) is 10.2 Å². The largest absolute Gasteiger partial charge is 0.425 e. The number of amides is 2. The van der Waals surface area contributed by atoms with E-state index in [9.17, 15) is 9.59 Å². The number of nitrogens with zero attached hydrogens (tertiary/aromatic N) is 3. The van der Waals surface area contributed by atoms with Gasteiger partial charge in [0.25, 0.3) is 0 Å². The molecule has 0 radical (unpaired) electrons. The van der Waals surface area contributed by atoms with Crippen molar-refractivity contribution in [3.63, 3.8) is 0 Å². The van der Waals surface area contributed by atoms with E-state index in [1.54, 1.807) is 27.0 Å². The van der Waals surface area contributed by atoms with Gasteiger partial charge in [0, 0.05) is 11.6 Å². The van der Waals surface area contributed by atoms with Crippen LogP contribution in [0.25, 0.3) is 11.0 Å². The summed E-state index contributed by atoms with van der Waals surface area (Å²) in [5.41, 5.74) is 1.03. The molecule has 2 heterocycles. The Hall–Kier alpha value is -3.72. The van der Waals surface area contributed by atoms with E-state index in [0.29, 0.717) is 26.9 Å². The van der Waals surface area contributed by atoms with Crippen LogP contribution >= 0.6 is 15.9 Å². The minimum atomic E-state index is -0.659. The third-order valence-corrected chi connectivity index (χ3v) is 5.38. The Morgan fingerprint density at radius 2 is 1.55 bits per heavy atom. The third-order valence-electron chi connectivity index (χ3n) is 4.75. The van der Waals surface area contributed by atoms with Crippen molar-refractivity contribution in [1.29, 1.82) is 0 Å². The van der Waals surface area contributed by atoms with Crippen molar-refractivity contribution in [3.05, 3.63) is 71.3 Å². The SMILES string of the molecule is CC(C)(C)C(=O)Nc1nc(OC(=O)N(c2ccccc2)c2ccccc2)c2c(Br)c[nH]c2n1. The zero-order valence-corrected chi connectivity index (χ0v) is 19.9. The van der Waals surface area contributed by atoms with Crippen LogP contribution < -0.4 is 15.0 Å². The molecule has 0 atom stereocenters. The molecule has 0 spiro atoms. The summed E-state index contributed by atoms with van der Waals surface area (Å²) >= 11 is 3.44. The van der Waals surface area contributed by atoms with E-state index in [2.05, 4.69) is 36.2 Å². The van der Waals surface area contributed by atoms with Gasteiger partial charge < -0.3 is 9.72 Å². The van der Waals surface area contributed by atoms with Crippen molar-refractivity contribution in [2.45, 2.75) is 20.8 Å². The molecule has 0 unspecified atom stereocenters. The zero-order chi connectivity index (χ0) is 23.6. The topological polar surface area (TPSA) is 100 Å². The second kappa shape index (κ2) is 9.03. The van der Waals surface area contributed by atoms with Crippen LogP contribution in [0.1, 0.15) is 20.8 Å². The average Bonchev–Trinajstić information content (AvgIpc) is 3.15. The molecular formula is C24H22BrN5O3. The van der Waals surface area contributed by atoms with Crippen LogP contribution in [0.4, 0.5) is 22.1 Å². The summed E-state index contributed by atoms with van der Waals surface area (Å²) < 4.78 is 6.41. The second-order valence-corrected chi connectivity index (χ2v) is 9.15. The van der Waals surface area contributed by atoms with Gasteiger partial charge in [0.15, 0.2) is 0 Å². The number of halogens is 1. The number of hydrogen-bond acceptors (Lipinski definition) is 5. The Morgan fingerprint density at radius 1 is 0.970 bits per heavy atom. The van der Waals surface area contributed by atoms with Crippen LogP contribution in [-0.4, -0.2) is 27.0 Å². The molecule has 0 bridgehead atoms. The number of para-hydroxylation sites is 2. The molecule has 2 aromatic heterocycles. The Bertz CT molecular complexity index is 1260. The van der Waals surface area contributed by atoms with E-state index >= 15 is 0 Å². The van der Waals surface area contributed by atoms with E-state index in [4.69, 9.17) is 4.74 Å². The molecule has 0 aliphatic rings. The molecule has 4 rings (SSSR count). The maximum Gasteiger partial charge on any atom is 0.425 e. The van der Waals surface area contributed by atoms with Gasteiger partial charge in [-0.05, 0) is 40.2 Å². The summed E-state index contributed by atoms with van der Waals surface area (Å²) in [7, 11) is 0. The maximum absolute atomic E-state index is 13.4. The lowest BCUT2D eigenvalue weighted by Gasteiger charge is -2.22. The lowest BCUT2D eigenvalue weighted by molar-refractivity contribution is -0.123. The van der Waals surface area contributed by atoms with Gasteiger partial charge in [0.05, 0.1) is 21.2 Å². The van der Waals surface area contributed by atoms with E-state index in [-0.39, 0.29) is 17.7 Å². The number of nitrogens with one attached hydrogen (secondary N) is 2. The Balaban J connectivity index is 1.74. The zero-order valence-electron chi connectivity index (χ0n) is 18.3. The van der Waals surface area contributed by atoms with Crippen LogP contribution in [0.2, 0.25) is 0 Å². The first kappa shape index (κ1) is 22.5. The number of fused-ring (bicyclic) bond motifs is 1. The van der Waals surface area contributed by atoms with E-state index in [1.165, 1.54) is 4.90 Å². The van der Waals surface area contributed by atoms with E-state index < -0.39 is 11.5 Å². The summed E-state index contributed by atoms with van der Waals surface area (Å²) in [5.74, 6) is -0.218. The predicted octanol–water partition coefficient (Wildman–Crippen LogP) is 6.04. The molecule has 0 saturated carbocycles. The van der Waals surface area contributed by atoms with Crippen molar-refractivity contribution in [3.8, 4) is 5.88 Å². The molecule has 0 aliphatic carbocycles. The van der Waals surface area contributed by atoms with Crippen molar-refractivity contribution in [2.24, 2.45) is 5.41 Å². The maximum atomic E-state index is 13.4. The minimum absolute atomic E-state index is 0.0131. The molecule has 33 heavy (non-hydrogen) atoms. The number of carbonyl (C=O) groups excluding carboxylic acids is 2. The number of H-pyrrole nitrogens is 1. The molecule has 2 aromatic carbocycles. The molecule has 2 N–H and O–H groups in total. The molecule has 8 nitrogen and oxygen atoms in total. The monoisotopic (exact) mass is 507 g/mol. The molecule has 0 fully saturated rings. The number of carbonyl (C=O) groups is 2. The van der Waals surface area contributed by atoms with Crippen LogP contribution in [0.3, 0.4) is 0 Å². The molecular weight excluding hydrogens is 486 g/mol. The number of benzene rings is 2. The average molecular weight is 508 g/mol. The number of anilines is 3. The first-order chi connectivity index (χ1) is 15.7. The highest BCUT2D eigenvalue weighted by Gasteiger charge is 2.26. The highest BCUT2D eigenvalue weighted by Crippen LogP contribution is 2.33. The Kier molecular flexibility index (Phi) is 6.15. The van der Waals surface area contributed by atoms with Crippen LogP contribution in [0, 0.1) is 5.41 Å². The van der Waals surface area contributed by atoms with Crippen molar-refractivity contribution in [1.82, 2.24) is 15.0 Å². The fraction of sp³-hybridized carbons (Fsp3) is 0.167. The first-order valence-electron chi connectivity index (χ1n) is 10.2. The molecule has 168 valence electrons. The van der Waals surface area contributed by atoms with Gasteiger partial charge in [0.1, 0.15) is 5.65 Å². The van der Waals surface area contributed by atoms with Gasteiger partial charge in [0.2, 0.25) is 17.7 Å².